The molecule has 0 unspecified atom stereocenters. The minimum Gasteiger partial charge on any atom is -0.490 e. The summed E-state index contributed by atoms with van der Waals surface area (Å²) in [6.07, 6.45) is 1.39. The van der Waals surface area contributed by atoms with Crippen molar-refractivity contribution in [3.63, 3.8) is 0 Å². The van der Waals surface area contributed by atoms with Gasteiger partial charge in [-0.05, 0) is 55.3 Å². The number of rotatable bonds is 7. The van der Waals surface area contributed by atoms with E-state index in [1.54, 1.807) is 30.5 Å². The van der Waals surface area contributed by atoms with Gasteiger partial charge in [-0.1, -0.05) is 24.3 Å². The van der Waals surface area contributed by atoms with Gasteiger partial charge in [0.2, 0.25) is 5.95 Å². The van der Waals surface area contributed by atoms with Gasteiger partial charge in [-0.2, -0.15) is 4.98 Å². The Morgan fingerprint density at radius 2 is 1.82 bits per heavy atom. The quantitative estimate of drug-likeness (QED) is 0.422. The van der Waals surface area contributed by atoms with Crippen molar-refractivity contribution < 1.29 is 23.0 Å². The predicted octanol–water partition coefficient (Wildman–Crippen LogP) is 4.66. The van der Waals surface area contributed by atoms with Crippen LogP contribution in [0.25, 0.3) is 16.8 Å². The van der Waals surface area contributed by atoms with Gasteiger partial charge in [0, 0.05) is 18.2 Å². The molecule has 0 saturated carbocycles. The van der Waals surface area contributed by atoms with Crippen molar-refractivity contribution in [2.75, 3.05) is 12.3 Å². The fourth-order valence-corrected chi connectivity index (χ4v) is 3.58. The number of anilines is 1. The van der Waals surface area contributed by atoms with Crippen LogP contribution >= 0.6 is 0 Å². The fraction of sp³-hybridized carbons (Fsp3) is 0.250. The summed E-state index contributed by atoms with van der Waals surface area (Å²) in [5, 5.41) is 14.8. The first-order valence-electron chi connectivity index (χ1n) is 10.3. The highest BCUT2D eigenvalue weighted by molar-refractivity contribution is 5.69. The molecule has 0 aliphatic rings. The van der Waals surface area contributed by atoms with Gasteiger partial charge in [0.25, 0.3) is 0 Å². The van der Waals surface area contributed by atoms with Crippen molar-refractivity contribution in [1.82, 2.24) is 14.6 Å². The Morgan fingerprint density at radius 1 is 1.09 bits per heavy atom. The van der Waals surface area contributed by atoms with Crippen molar-refractivity contribution in [2.45, 2.75) is 31.5 Å². The number of hydrogen-bond acceptors (Lipinski definition) is 5. The van der Waals surface area contributed by atoms with Crippen LogP contribution in [0.3, 0.4) is 0 Å². The van der Waals surface area contributed by atoms with Crippen molar-refractivity contribution >= 4 is 11.6 Å². The average Bonchev–Trinajstić information content (AvgIpc) is 3.14. The molecule has 0 amide bonds. The first-order chi connectivity index (χ1) is 15.6. The van der Waals surface area contributed by atoms with Crippen LogP contribution in [0.4, 0.5) is 19.1 Å². The topological polar surface area (TPSA) is 85.7 Å². The van der Waals surface area contributed by atoms with Crippen LogP contribution in [0.5, 0.6) is 5.75 Å². The summed E-state index contributed by atoms with van der Waals surface area (Å²) in [4.78, 5) is 4.07. The van der Waals surface area contributed by atoms with E-state index < -0.39 is 22.9 Å². The van der Waals surface area contributed by atoms with Crippen molar-refractivity contribution in [3.8, 4) is 16.9 Å². The number of alkyl halides is 1. The van der Waals surface area contributed by atoms with Gasteiger partial charge in [-0.25, -0.2) is 17.7 Å². The molecule has 6 nitrogen and oxygen atoms in total. The van der Waals surface area contributed by atoms with Crippen LogP contribution in [0.15, 0.2) is 60.8 Å². The normalized spacial score (nSPS) is 15.2. The zero-order valence-electron chi connectivity index (χ0n) is 18.1. The molecule has 3 N–H and O–H groups in total. The number of nitrogens with two attached hydrogens (primary N) is 1. The maximum Gasteiger partial charge on any atom is 0.240 e. The first kappa shape index (κ1) is 22.6. The highest BCUT2D eigenvalue weighted by Gasteiger charge is 2.45. The fourth-order valence-electron chi connectivity index (χ4n) is 3.58. The third kappa shape index (κ3) is 4.36. The Balaban J connectivity index is 1.50. The Bertz CT molecular complexity index is 1290. The average molecular weight is 456 g/mol. The zero-order valence-corrected chi connectivity index (χ0v) is 18.1. The van der Waals surface area contributed by atoms with Crippen molar-refractivity contribution in [3.05, 3.63) is 78.0 Å². The van der Waals surface area contributed by atoms with E-state index in [0.717, 1.165) is 12.1 Å². The van der Waals surface area contributed by atoms with Crippen LogP contribution in [0.1, 0.15) is 25.8 Å². The Hall–Kier alpha value is -3.59. The highest BCUT2D eigenvalue weighted by atomic mass is 19.1. The number of pyridine rings is 1. The Kier molecular flexibility index (Phi) is 5.75. The van der Waals surface area contributed by atoms with Crippen LogP contribution in [-0.2, 0) is 5.60 Å². The van der Waals surface area contributed by atoms with Crippen LogP contribution in [0, 0.1) is 11.6 Å². The van der Waals surface area contributed by atoms with Gasteiger partial charge in [0.1, 0.15) is 17.1 Å². The monoisotopic (exact) mass is 456 g/mol. The molecule has 9 heteroatoms. The summed E-state index contributed by atoms with van der Waals surface area (Å²) in [5.74, 6) is -1.04. The lowest BCUT2D eigenvalue weighted by Gasteiger charge is -2.36. The number of halogens is 3. The minimum atomic E-state index is -2.13. The highest BCUT2D eigenvalue weighted by Crippen LogP contribution is 2.38. The number of nitrogens with zero attached hydrogens (tertiary/aromatic N) is 3. The maximum atomic E-state index is 15.4. The van der Waals surface area contributed by atoms with E-state index in [4.69, 9.17) is 10.5 Å². The van der Waals surface area contributed by atoms with Gasteiger partial charge < -0.3 is 15.6 Å². The standard InChI is InChI=1S/C24H23F3N4O2/c1-23(27,24(2,32)16-6-8-17(25)9-7-16)11-13-33-19-5-3-4-18(21(19)26)15-10-12-31-20(14-15)29-22(28)30-31/h3-10,12,14,32H,11,13H2,1-2H3,(H2,28,30)/t23-,24-/m0/s1. The first-order valence-corrected chi connectivity index (χ1v) is 10.3. The van der Waals surface area contributed by atoms with Crippen molar-refractivity contribution in [2.24, 2.45) is 0 Å². The Labute approximate surface area is 188 Å². The molecule has 0 fully saturated rings. The number of hydrogen-bond donors (Lipinski definition) is 2. The van der Waals surface area contributed by atoms with E-state index in [2.05, 4.69) is 10.1 Å². The zero-order chi connectivity index (χ0) is 23.8. The lowest BCUT2D eigenvalue weighted by molar-refractivity contribution is -0.0955. The number of aliphatic hydroxyl groups is 1. The van der Waals surface area contributed by atoms with Gasteiger partial charge >= 0.3 is 0 Å². The van der Waals surface area contributed by atoms with Crippen LogP contribution in [-0.4, -0.2) is 32.0 Å². The summed E-state index contributed by atoms with van der Waals surface area (Å²) in [5.41, 5.74) is 3.08. The smallest absolute Gasteiger partial charge is 0.240 e. The molecular formula is C24H23F3N4O2. The molecule has 0 saturated heterocycles. The van der Waals surface area contributed by atoms with Gasteiger partial charge in [-0.3, -0.25) is 0 Å². The molecule has 2 atom stereocenters. The van der Waals surface area contributed by atoms with Crippen molar-refractivity contribution in [1.29, 1.82) is 0 Å². The van der Waals surface area contributed by atoms with E-state index in [1.807, 2.05) is 0 Å². The number of benzene rings is 2. The molecule has 0 radical (unpaired) electrons. The Morgan fingerprint density at radius 3 is 2.55 bits per heavy atom. The van der Waals surface area contributed by atoms with Gasteiger partial charge in [0.15, 0.2) is 17.2 Å². The second kappa shape index (κ2) is 8.40. The van der Waals surface area contributed by atoms with Crippen LogP contribution in [0.2, 0.25) is 0 Å². The SMILES string of the molecule is C[C@](F)(CCOc1cccc(-c2ccn3nc(N)nc3c2)c1F)[C@@](C)(O)c1ccc(F)cc1. The minimum absolute atomic E-state index is 0.0504. The number of ether oxygens (including phenoxy) is 1. The lowest BCUT2D eigenvalue weighted by Crippen LogP contribution is -2.45. The third-order valence-electron chi connectivity index (χ3n) is 5.88. The molecule has 0 bridgehead atoms. The molecular weight excluding hydrogens is 433 g/mol. The number of aromatic nitrogens is 3. The predicted molar refractivity (Wildman–Crippen MR) is 118 cm³/mol. The summed E-state index contributed by atoms with van der Waals surface area (Å²) < 4.78 is 50.8. The molecule has 33 heavy (non-hydrogen) atoms. The largest absolute Gasteiger partial charge is 0.490 e. The van der Waals surface area contributed by atoms with E-state index in [1.165, 1.54) is 36.6 Å². The molecule has 0 aliphatic carbocycles. The number of fused-ring (bicyclic) bond motifs is 1. The molecule has 4 rings (SSSR count). The molecule has 4 aromatic rings. The molecule has 2 aromatic heterocycles. The molecule has 2 aromatic carbocycles. The lowest BCUT2D eigenvalue weighted by atomic mass is 9.79. The third-order valence-corrected chi connectivity index (χ3v) is 5.88. The van der Waals surface area contributed by atoms with Gasteiger partial charge in [-0.15, -0.1) is 5.10 Å². The second-order valence-electron chi connectivity index (χ2n) is 8.18. The summed E-state index contributed by atoms with van der Waals surface area (Å²) >= 11 is 0. The molecule has 0 aliphatic heterocycles. The van der Waals surface area contributed by atoms with E-state index in [-0.39, 0.29) is 35.9 Å². The number of nitrogen functional groups attached to an aromatic ring is 1. The maximum absolute atomic E-state index is 15.4. The molecule has 172 valence electrons. The summed E-state index contributed by atoms with van der Waals surface area (Å²) in [7, 11) is 0. The van der Waals surface area contributed by atoms with Gasteiger partial charge in [0.05, 0.1) is 6.61 Å². The summed E-state index contributed by atoms with van der Waals surface area (Å²) in [6.45, 7) is 2.35. The second-order valence-corrected chi connectivity index (χ2v) is 8.18. The van der Waals surface area contributed by atoms with E-state index >= 15 is 8.78 Å². The van der Waals surface area contributed by atoms with Crippen LogP contribution < -0.4 is 10.5 Å². The molecule has 0 spiro atoms. The molecule has 2 heterocycles. The van der Waals surface area contributed by atoms with E-state index in [9.17, 15) is 9.50 Å². The summed E-state index contributed by atoms with van der Waals surface area (Å²) in [6, 6.07) is 12.9. The van der Waals surface area contributed by atoms with E-state index in [0.29, 0.717) is 11.2 Å².